The van der Waals surface area contributed by atoms with Gasteiger partial charge in [0.15, 0.2) is 0 Å². The van der Waals surface area contributed by atoms with Crippen molar-refractivity contribution in [2.24, 2.45) is 0 Å². The van der Waals surface area contributed by atoms with Gasteiger partial charge in [-0.15, -0.1) is 6.58 Å². The molecule has 3 rings (SSSR count). The van der Waals surface area contributed by atoms with Gasteiger partial charge in [-0.1, -0.05) is 36.4 Å². The first-order valence-electron chi connectivity index (χ1n) is 9.28. The van der Waals surface area contributed by atoms with E-state index in [0.717, 1.165) is 31.0 Å². The van der Waals surface area contributed by atoms with Crippen molar-refractivity contribution in [3.63, 3.8) is 0 Å². The van der Waals surface area contributed by atoms with Crippen molar-refractivity contribution in [3.05, 3.63) is 78.1 Å². The SMILES string of the molecule is C=CCNS(=O)(=O)c1cc(C(=O)OC(C(=O)NC2CC2)c2ccccc2)ccc1F. The van der Waals surface area contributed by atoms with Gasteiger partial charge in [0, 0.05) is 18.2 Å². The number of ether oxygens (including phenoxy) is 1. The van der Waals surface area contributed by atoms with Crippen LogP contribution in [-0.4, -0.2) is 32.9 Å². The lowest BCUT2D eigenvalue weighted by molar-refractivity contribution is -0.130. The highest BCUT2D eigenvalue weighted by atomic mass is 32.2. The molecule has 0 spiro atoms. The Morgan fingerprint density at radius 2 is 1.90 bits per heavy atom. The fourth-order valence-corrected chi connectivity index (χ4v) is 3.76. The van der Waals surface area contributed by atoms with Crippen molar-refractivity contribution in [2.75, 3.05) is 6.54 Å². The summed E-state index contributed by atoms with van der Waals surface area (Å²) in [6.45, 7) is 3.29. The van der Waals surface area contributed by atoms with Gasteiger partial charge < -0.3 is 10.1 Å². The Labute approximate surface area is 174 Å². The summed E-state index contributed by atoms with van der Waals surface area (Å²) in [7, 11) is -4.20. The number of esters is 1. The van der Waals surface area contributed by atoms with E-state index < -0.39 is 38.7 Å². The van der Waals surface area contributed by atoms with Gasteiger partial charge in [-0.3, -0.25) is 4.79 Å². The largest absolute Gasteiger partial charge is 0.444 e. The van der Waals surface area contributed by atoms with Gasteiger partial charge in [0.1, 0.15) is 10.7 Å². The van der Waals surface area contributed by atoms with E-state index in [4.69, 9.17) is 4.74 Å². The molecule has 7 nitrogen and oxygen atoms in total. The zero-order valence-corrected chi connectivity index (χ0v) is 16.8. The first kappa shape index (κ1) is 21.7. The van der Waals surface area contributed by atoms with Crippen molar-refractivity contribution in [3.8, 4) is 0 Å². The highest BCUT2D eigenvalue weighted by Crippen LogP contribution is 2.25. The van der Waals surface area contributed by atoms with Crippen LogP contribution in [0.5, 0.6) is 0 Å². The molecule has 1 unspecified atom stereocenters. The molecule has 1 fully saturated rings. The monoisotopic (exact) mass is 432 g/mol. The minimum Gasteiger partial charge on any atom is -0.444 e. The van der Waals surface area contributed by atoms with Crippen molar-refractivity contribution < 1.29 is 27.1 Å². The molecule has 0 saturated heterocycles. The third kappa shape index (κ3) is 5.31. The quantitative estimate of drug-likeness (QED) is 0.468. The van der Waals surface area contributed by atoms with Crippen LogP contribution in [0.15, 0.2) is 66.1 Å². The van der Waals surface area contributed by atoms with E-state index >= 15 is 0 Å². The molecule has 1 amide bonds. The summed E-state index contributed by atoms with van der Waals surface area (Å²) in [4.78, 5) is 24.6. The van der Waals surface area contributed by atoms with E-state index in [9.17, 15) is 22.4 Å². The number of halogens is 1. The molecular formula is C21H21FN2O5S. The minimum absolute atomic E-state index is 0.0564. The Morgan fingerprint density at radius 1 is 1.20 bits per heavy atom. The van der Waals surface area contributed by atoms with Crippen molar-refractivity contribution in [2.45, 2.75) is 29.9 Å². The van der Waals surface area contributed by atoms with Crippen LogP contribution >= 0.6 is 0 Å². The number of benzene rings is 2. The molecule has 1 aliphatic rings. The van der Waals surface area contributed by atoms with Gasteiger partial charge in [0.25, 0.3) is 5.91 Å². The minimum atomic E-state index is -4.20. The van der Waals surface area contributed by atoms with Crippen molar-refractivity contribution >= 4 is 21.9 Å². The summed E-state index contributed by atoms with van der Waals surface area (Å²) in [5, 5.41) is 2.79. The van der Waals surface area contributed by atoms with E-state index in [2.05, 4.69) is 16.6 Å². The maximum absolute atomic E-state index is 14.1. The Morgan fingerprint density at radius 3 is 2.53 bits per heavy atom. The Hall–Kier alpha value is -3.04. The lowest BCUT2D eigenvalue weighted by atomic mass is 10.1. The molecule has 30 heavy (non-hydrogen) atoms. The standard InChI is InChI=1S/C21H21FN2O5S/c1-2-12-23-30(27,28)18-13-15(8-11-17(18)22)21(26)29-19(14-6-4-3-5-7-14)20(25)24-16-9-10-16/h2-8,11,13,16,19,23H,1,9-10,12H2,(H,24,25). The number of sulfonamides is 1. The number of nitrogens with one attached hydrogen (secondary N) is 2. The molecule has 0 bridgehead atoms. The Kier molecular flexibility index (Phi) is 6.63. The topological polar surface area (TPSA) is 102 Å². The molecule has 0 aromatic heterocycles. The number of hydrogen-bond acceptors (Lipinski definition) is 5. The first-order valence-corrected chi connectivity index (χ1v) is 10.8. The molecule has 0 aliphatic heterocycles. The second-order valence-corrected chi connectivity index (χ2v) is 8.50. The normalized spacial score (nSPS) is 14.6. The zero-order chi connectivity index (χ0) is 21.7. The number of carbonyl (C=O) groups is 2. The molecule has 1 aliphatic carbocycles. The van der Waals surface area contributed by atoms with Crippen molar-refractivity contribution in [1.29, 1.82) is 0 Å². The van der Waals surface area contributed by atoms with E-state index in [1.54, 1.807) is 30.3 Å². The fraction of sp³-hybridized carbons (Fsp3) is 0.238. The predicted octanol–water partition coefficient (Wildman–Crippen LogP) is 2.47. The fourth-order valence-electron chi connectivity index (χ4n) is 2.66. The summed E-state index contributed by atoms with van der Waals surface area (Å²) >= 11 is 0. The number of carbonyl (C=O) groups excluding carboxylic acids is 2. The average Bonchev–Trinajstić information content (AvgIpc) is 3.55. The van der Waals surface area contributed by atoms with Crippen molar-refractivity contribution in [1.82, 2.24) is 10.0 Å². The summed E-state index contributed by atoms with van der Waals surface area (Å²) < 4.78 is 46.1. The number of hydrogen-bond donors (Lipinski definition) is 2. The highest BCUT2D eigenvalue weighted by Gasteiger charge is 2.31. The molecule has 1 atom stereocenters. The van der Waals surface area contributed by atoms with Crippen LogP contribution in [0.1, 0.15) is 34.9 Å². The second kappa shape index (κ2) is 9.19. The maximum atomic E-state index is 14.1. The van der Waals surface area contributed by atoms with Gasteiger partial charge in [-0.05, 0) is 31.0 Å². The van der Waals surface area contributed by atoms with E-state index in [1.807, 2.05) is 0 Å². The molecule has 9 heteroatoms. The van der Waals surface area contributed by atoms with Gasteiger partial charge in [-0.2, -0.15) is 0 Å². The third-order valence-corrected chi connectivity index (χ3v) is 5.80. The van der Waals surface area contributed by atoms with E-state index in [1.165, 1.54) is 6.08 Å². The maximum Gasteiger partial charge on any atom is 0.339 e. The van der Waals surface area contributed by atoms with Crippen LogP contribution < -0.4 is 10.0 Å². The van der Waals surface area contributed by atoms with Crippen LogP contribution in [0.3, 0.4) is 0 Å². The van der Waals surface area contributed by atoms with Crippen LogP contribution in [0.2, 0.25) is 0 Å². The summed E-state index contributed by atoms with van der Waals surface area (Å²) in [5.74, 6) is -2.44. The predicted molar refractivity (Wildman–Crippen MR) is 108 cm³/mol. The van der Waals surface area contributed by atoms with Gasteiger partial charge in [0.05, 0.1) is 5.56 Å². The summed E-state index contributed by atoms with van der Waals surface area (Å²) in [5.41, 5.74) is 0.266. The molecule has 2 aromatic carbocycles. The second-order valence-electron chi connectivity index (χ2n) is 6.76. The molecule has 158 valence electrons. The molecule has 0 radical (unpaired) electrons. The van der Waals surface area contributed by atoms with Crippen LogP contribution in [0, 0.1) is 5.82 Å². The molecule has 1 saturated carbocycles. The van der Waals surface area contributed by atoms with E-state index in [0.29, 0.717) is 5.56 Å². The number of rotatable bonds is 9. The highest BCUT2D eigenvalue weighted by molar-refractivity contribution is 7.89. The van der Waals surface area contributed by atoms with Crippen LogP contribution in [-0.2, 0) is 19.6 Å². The summed E-state index contributed by atoms with van der Waals surface area (Å²) in [6, 6.07) is 11.3. The Balaban J connectivity index is 1.86. The number of amides is 1. The van der Waals surface area contributed by atoms with Gasteiger partial charge >= 0.3 is 5.97 Å². The smallest absolute Gasteiger partial charge is 0.339 e. The lowest BCUT2D eigenvalue weighted by Crippen LogP contribution is -2.33. The average molecular weight is 432 g/mol. The van der Waals surface area contributed by atoms with E-state index in [-0.39, 0.29) is 18.2 Å². The van der Waals surface area contributed by atoms with Crippen LogP contribution in [0.25, 0.3) is 0 Å². The van der Waals surface area contributed by atoms with Gasteiger partial charge in [0.2, 0.25) is 16.1 Å². The molecule has 2 aromatic rings. The zero-order valence-electron chi connectivity index (χ0n) is 16.0. The first-order chi connectivity index (χ1) is 14.3. The lowest BCUT2D eigenvalue weighted by Gasteiger charge is -2.18. The third-order valence-electron chi connectivity index (χ3n) is 4.36. The molecular weight excluding hydrogens is 411 g/mol. The molecule has 2 N–H and O–H groups in total. The van der Waals surface area contributed by atoms with Crippen LogP contribution in [0.4, 0.5) is 4.39 Å². The summed E-state index contributed by atoms with van der Waals surface area (Å²) in [6.07, 6.45) is 1.80. The molecule has 0 heterocycles. The Bertz CT molecular complexity index is 1050. The van der Waals surface area contributed by atoms with Gasteiger partial charge in [-0.25, -0.2) is 22.3 Å².